The van der Waals surface area contributed by atoms with Crippen LogP contribution in [-0.2, 0) is 11.3 Å². The minimum Gasteiger partial charge on any atom is -0.373 e. The number of urea groups is 1. The quantitative estimate of drug-likeness (QED) is 0.809. The number of morpholine rings is 1. The van der Waals surface area contributed by atoms with Crippen molar-refractivity contribution in [3.05, 3.63) is 29.8 Å². The molecular weight excluding hydrogens is 310 g/mol. The van der Waals surface area contributed by atoms with Crippen LogP contribution in [0.2, 0.25) is 0 Å². The summed E-state index contributed by atoms with van der Waals surface area (Å²) in [6.45, 7) is 4.01. The molecule has 0 unspecified atom stereocenters. The van der Waals surface area contributed by atoms with Crippen molar-refractivity contribution in [1.82, 2.24) is 15.5 Å². The number of hydrogen-bond acceptors (Lipinski definition) is 4. The van der Waals surface area contributed by atoms with Crippen molar-refractivity contribution in [3.63, 3.8) is 0 Å². The summed E-state index contributed by atoms with van der Waals surface area (Å²) in [4.78, 5) is 15.6. The lowest BCUT2D eigenvalue weighted by molar-refractivity contribution is -0.0457. The number of hydrogen-bond donors (Lipinski definition) is 2. The average Bonchev–Trinajstić information content (AvgIpc) is 3.06. The van der Waals surface area contributed by atoms with E-state index in [1.165, 1.54) is 24.3 Å². The Bertz CT molecular complexity index is 523. The molecule has 2 heterocycles. The fourth-order valence-corrected chi connectivity index (χ4v) is 3.61. The molecule has 2 N–H and O–H groups in total. The summed E-state index contributed by atoms with van der Waals surface area (Å²) in [5.41, 5.74) is 1.10. The topological polar surface area (TPSA) is 53.6 Å². The summed E-state index contributed by atoms with van der Waals surface area (Å²) in [7, 11) is 0. The molecule has 5 nitrogen and oxygen atoms in total. The number of benzene rings is 1. The number of amides is 2. The standard InChI is InChI=1S/C17H25N3O2S/c1-23-16-6-4-13(5-7-16)9-18-17(21)19-10-15-11-20-8-2-3-14(20)12-22-15/h4-7,14-15H,2-3,8-12H2,1H3,(H2,18,19,21)/t14-,15-/m0/s1. The highest BCUT2D eigenvalue weighted by Crippen LogP contribution is 2.22. The van der Waals surface area contributed by atoms with Crippen LogP contribution in [0.5, 0.6) is 0 Å². The second-order valence-corrected chi connectivity index (χ2v) is 7.04. The van der Waals surface area contributed by atoms with E-state index in [0.29, 0.717) is 19.1 Å². The Morgan fingerprint density at radius 3 is 2.96 bits per heavy atom. The van der Waals surface area contributed by atoms with Gasteiger partial charge in [0, 0.05) is 30.6 Å². The van der Waals surface area contributed by atoms with E-state index < -0.39 is 0 Å². The Morgan fingerprint density at radius 2 is 2.17 bits per heavy atom. The Labute approximate surface area is 142 Å². The molecule has 1 aromatic carbocycles. The third kappa shape index (κ3) is 4.62. The van der Waals surface area contributed by atoms with Crippen molar-refractivity contribution >= 4 is 17.8 Å². The molecule has 0 bridgehead atoms. The highest BCUT2D eigenvalue weighted by atomic mass is 32.2. The zero-order valence-corrected chi connectivity index (χ0v) is 14.4. The molecule has 23 heavy (non-hydrogen) atoms. The molecule has 2 saturated heterocycles. The maximum absolute atomic E-state index is 11.9. The molecule has 6 heteroatoms. The van der Waals surface area contributed by atoms with Gasteiger partial charge in [-0.3, -0.25) is 4.90 Å². The molecule has 0 aliphatic carbocycles. The van der Waals surface area contributed by atoms with Gasteiger partial charge in [-0.05, 0) is 43.3 Å². The van der Waals surface area contributed by atoms with Gasteiger partial charge in [0.2, 0.25) is 0 Å². The monoisotopic (exact) mass is 335 g/mol. The summed E-state index contributed by atoms with van der Waals surface area (Å²) in [5, 5.41) is 5.82. The van der Waals surface area contributed by atoms with Crippen molar-refractivity contribution in [2.24, 2.45) is 0 Å². The van der Waals surface area contributed by atoms with Crippen LogP contribution in [0, 0.1) is 0 Å². The summed E-state index contributed by atoms with van der Waals surface area (Å²) in [5.74, 6) is 0. The third-order valence-electron chi connectivity index (χ3n) is 4.56. The summed E-state index contributed by atoms with van der Waals surface area (Å²) in [6, 6.07) is 8.70. The van der Waals surface area contributed by atoms with Crippen LogP contribution in [0.3, 0.4) is 0 Å². The maximum atomic E-state index is 11.9. The number of thioether (sulfide) groups is 1. The Hall–Kier alpha value is -1.24. The van der Waals surface area contributed by atoms with Crippen LogP contribution in [0.1, 0.15) is 18.4 Å². The first-order chi connectivity index (χ1) is 11.2. The summed E-state index contributed by atoms with van der Waals surface area (Å²) < 4.78 is 5.84. The van der Waals surface area contributed by atoms with Gasteiger partial charge >= 0.3 is 6.03 Å². The van der Waals surface area contributed by atoms with Gasteiger partial charge in [-0.15, -0.1) is 11.8 Å². The van der Waals surface area contributed by atoms with E-state index in [4.69, 9.17) is 4.74 Å². The van der Waals surface area contributed by atoms with Gasteiger partial charge in [-0.1, -0.05) is 12.1 Å². The van der Waals surface area contributed by atoms with E-state index in [9.17, 15) is 4.79 Å². The van der Waals surface area contributed by atoms with Crippen molar-refractivity contribution in [1.29, 1.82) is 0 Å². The van der Waals surface area contributed by atoms with Crippen LogP contribution >= 0.6 is 11.8 Å². The smallest absolute Gasteiger partial charge is 0.315 e. The van der Waals surface area contributed by atoms with Gasteiger partial charge in [0.15, 0.2) is 0 Å². The molecule has 2 atom stereocenters. The van der Waals surface area contributed by atoms with Crippen molar-refractivity contribution in [2.75, 3.05) is 32.5 Å². The lowest BCUT2D eigenvalue weighted by Crippen LogP contribution is -2.51. The first-order valence-corrected chi connectivity index (χ1v) is 9.47. The highest BCUT2D eigenvalue weighted by molar-refractivity contribution is 7.98. The van der Waals surface area contributed by atoms with Crippen LogP contribution in [0.15, 0.2) is 29.2 Å². The number of carbonyl (C=O) groups excluding carboxylic acids is 1. The Morgan fingerprint density at radius 1 is 1.35 bits per heavy atom. The maximum Gasteiger partial charge on any atom is 0.315 e. The fraction of sp³-hybridized carbons (Fsp3) is 0.588. The SMILES string of the molecule is CSc1ccc(CNC(=O)NC[C@H]2CN3CCC[C@H]3CO2)cc1. The third-order valence-corrected chi connectivity index (χ3v) is 5.31. The number of fused-ring (bicyclic) bond motifs is 1. The number of ether oxygens (including phenoxy) is 1. The minimum absolute atomic E-state index is 0.107. The first-order valence-electron chi connectivity index (χ1n) is 8.25. The van der Waals surface area contributed by atoms with Gasteiger partial charge in [-0.25, -0.2) is 4.79 Å². The van der Waals surface area contributed by atoms with Gasteiger partial charge < -0.3 is 15.4 Å². The number of rotatable bonds is 5. The van der Waals surface area contributed by atoms with E-state index in [2.05, 4.69) is 33.9 Å². The number of carbonyl (C=O) groups is 1. The molecule has 126 valence electrons. The van der Waals surface area contributed by atoms with Gasteiger partial charge in [0.25, 0.3) is 0 Å². The van der Waals surface area contributed by atoms with E-state index in [-0.39, 0.29) is 12.1 Å². The molecule has 0 saturated carbocycles. The van der Waals surface area contributed by atoms with E-state index in [1.807, 2.05) is 12.1 Å². The molecule has 2 aliphatic rings. The van der Waals surface area contributed by atoms with E-state index in [1.54, 1.807) is 11.8 Å². The molecule has 1 aromatic rings. The molecule has 0 aromatic heterocycles. The van der Waals surface area contributed by atoms with Gasteiger partial charge in [0.1, 0.15) is 0 Å². The van der Waals surface area contributed by atoms with Crippen LogP contribution in [-0.4, -0.2) is 55.6 Å². The molecular formula is C17H25N3O2S. The summed E-state index contributed by atoms with van der Waals surface area (Å²) in [6.07, 6.45) is 4.68. The normalized spacial score (nSPS) is 24.2. The second-order valence-electron chi connectivity index (χ2n) is 6.16. The van der Waals surface area contributed by atoms with E-state index in [0.717, 1.165) is 18.7 Å². The minimum atomic E-state index is -0.133. The Balaban J connectivity index is 1.36. The molecule has 3 rings (SSSR count). The highest BCUT2D eigenvalue weighted by Gasteiger charge is 2.32. The van der Waals surface area contributed by atoms with Gasteiger partial charge in [0.05, 0.1) is 12.7 Å². The van der Waals surface area contributed by atoms with Crippen molar-refractivity contribution in [3.8, 4) is 0 Å². The largest absolute Gasteiger partial charge is 0.373 e. The molecule has 2 amide bonds. The summed E-state index contributed by atoms with van der Waals surface area (Å²) >= 11 is 1.71. The Kier molecular flexibility index (Phi) is 5.80. The van der Waals surface area contributed by atoms with Crippen molar-refractivity contribution in [2.45, 2.75) is 36.4 Å². The predicted molar refractivity (Wildman–Crippen MR) is 92.8 cm³/mol. The van der Waals surface area contributed by atoms with E-state index >= 15 is 0 Å². The molecule has 2 aliphatic heterocycles. The zero-order chi connectivity index (χ0) is 16.1. The molecule has 0 spiro atoms. The molecule has 2 fully saturated rings. The van der Waals surface area contributed by atoms with Crippen LogP contribution in [0.25, 0.3) is 0 Å². The average molecular weight is 335 g/mol. The lowest BCUT2D eigenvalue weighted by atomic mass is 10.2. The number of nitrogens with one attached hydrogen (secondary N) is 2. The van der Waals surface area contributed by atoms with Gasteiger partial charge in [-0.2, -0.15) is 0 Å². The van der Waals surface area contributed by atoms with Crippen molar-refractivity contribution < 1.29 is 9.53 Å². The van der Waals surface area contributed by atoms with Crippen LogP contribution < -0.4 is 10.6 Å². The zero-order valence-electron chi connectivity index (χ0n) is 13.6. The lowest BCUT2D eigenvalue weighted by Gasteiger charge is -2.35. The predicted octanol–water partition coefficient (Wildman–Crippen LogP) is 2.07. The van der Waals surface area contributed by atoms with Crippen LogP contribution in [0.4, 0.5) is 4.79 Å². The molecule has 0 radical (unpaired) electrons. The number of nitrogens with zero attached hydrogens (tertiary/aromatic N) is 1. The second kappa shape index (κ2) is 8.04. The fourth-order valence-electron chi connectivity index (χ4n) is 3.20. The first kappa shape index (κ1) is 16.6.